The van der Waals surface area contributed by atoms with Gasteiger partial charge in [0.15, 0.2) is 0 Å². The Morgan fingerprint density at radius 3 is 2.57 bits per heavy atom. The molecule has 4 nitrogen and oxygen atoms in total. The van der Waals surface area contributed by atoms with E-state index in [1.54, 1.807) is 23.2 Å². The number of primary amides is 1. The Morgan fingerprint density at radius 2 is 1.86 bits per heavy atom. The van der Waals surface area contributed by atoms with Gasteiger partial charge in [-0.2, -0.15) is 0 Å². The minimum Gasteiger partial charge on any atom is -0.366 e. The maximum atomic E-state index is 12.4. The molecule has 4 heteroatoms. The molecule has 0 aromatic heterocycles. The second-order valence-corrected chi connectivity index (χ2v) is 4.86. The first-order valence-electron chi connectivity index (χ1n) is 6.63. The number of hydrogen-bond acceptors (Lipinski definition) is 2. The fourth-order valence-electron chi connectivity index (χ4n) is 2.45. The maximum Gasteiger partial charge on any atom is 0.259 e. The van der Waals surface area contributed by atoms with Crippen molar-refractivity contribution >= 4 is 17.9 Å². The van der Waals surface area contributed by atoms with Crippen LogP contribution in [0.1, 0.15) is 31.8 Å². The first kappa shape index (κ1) is 13.1. The summed E-state index contributed by atoms with van der Waals surface area (Å²) in [5, 5.41) is 0. The standard InChI is InChI=1S/C17H14N2O2/c18-16(20)14-8-4-7-13-11-19(17(21)15(13)14)10-9-12-5-2-1-3-6-12/h1-10H,11H2,(H2,18,20). The largest absolute Gasteiger partial charge is 0.366 e. The lowest BCUT2D eigenvalue weighted by molar-refractivity contribution is 0.0837. The van der Waals surface area contributed by atoms with Crippen molar-refractivity contribution in [1.82, 2.24) is 4.90 Å². The first-order chi connectivity index (χ1) is 10.2. The van der Waals surface area contributed by atoms with Crippen LogP contribution in [0.3, 0.4) is 0 Å². The van der Waals surface area contributed by atoms with E-state index < -0.39 is 5.91 Å². The van der Waals surface area contributed by atoms with E-state index in [2.05, 4.69) is 0 Å². The third kappa shape index (κ3) is 2.43. The molecule has 3 rings (SSSR count). The highest BCUT2D eigenvalue weighted by molar-refractivity contribution is 6.09. The zero-order valence-corrected chi connectivity index (χ0v) is 11.3. The Balaban J connectivity index is 1.89. The van der Waals surface area contributed by atoms with Crippen LogP contribution in [0.4, 0.5) is 0 Å². The van der Waals surface area contributed by atoms with Crippen molar-refractivity contribution < 1.29 is 9.59 Å². The van der Waals surface area contributed by atoms with Crippen molar-refractivity contribution in [2.45, 2.75) is 6.54 Å². The molecular formula is C17H14N2O2. The summed E-state index contributed by atoms with van der Waals surface area (Å²) in [5.74, 6) is -0.763. The van der Waals surface area contributed by atoms with E-state index in [-0.39, 0.29) is 11.5 Å². The Bertz CT molecular complexity index is 736. The summed E-state index contributed by atoms with van der Waals surface area (Å²) in [7, 11) is 0. The number of carbonyl (C=O) groups is 2. The van der Waals surface area contributed by atoms with Crippen LogP contribution >= 0.6 is 0 Å². The maximum absolute atomic E-state index is 12.4. The van der Waals surface area contributed by atoms with Gasteiger partial charge in [-0.3, -0.25) is 9.59 Å². The number of fused-ring (bicyclic) bond motifs is 1. The summed E-state index contributed by atoms with van der Waals surface area (Å²) < 4.78 is 0. The molecule has 0 atom stereocenters. The summed E-state index contributed by atoms with van der Waals surface area (Å²) in [4.78, 5) is 25.4. The van der Waals surface area contributed by atoms with Crippen molar-refractivity contribution in [3.8, 4) is 0 Å². The molecule has 0 radical (unpaired) electrons. The number of nitrogens with two attached hydrogens (primary N) is 1. The average molecular weight is 278 g/mol. The van der Waals surface area contributed by atoms with Crippen LogP contribution in [0.5, 0.6) is 0 Å². The summed E-state index contributed by atoms with van der Waals surface area (Å²) in [5.41, 5.74) is 7.87. The number of carbonyl (C=O) groups excluding carboxylic acids is 2. The monoisotopic (exact) mass is 278 g/mol. The Labute approximate surface area is 122 Å². The van der Waals surface area contributed by atoms with Gasteiger partial charge in [0.1, 0.15) is 0 Å². The van der Waals surface area contributed by atoms with E-state index in [9.17, 15) is 9.59 Å². The van der Waals surface area contributed by atoms with Crippen LogP contribution in [0.2, 0.25) is 0 Å². The fraction of sp³-hybridized carbons (Fsp3) is 0.0588. The summed E-state index contributed by atoms with van der Waals surface area (Å²) >= 11 is 0. The minimum atomic E-state index is -0.575. The van der Waals surface area contributed by atoms with Gasteiger partial charge in [0.2, 0.25) is 5.91 Å². The van der Waals surface area contributed by atoms with Gasteiger partial charge in [-0.05, 0) is 23.3 Å². The molecule has 0 fully saturated rings. The van der Waals surface area contributed by atoms with Gasteiger partial charge < -0.3 is 10.6 Å². The third-order valence-corrected chi connectivity index (χ3v) is 3.48. The molecule has 0 aliphatic carbocycles. The van der Waals surface area contributed by atoms with Crippen LogP contribution in [-0.2, 0) is 6.54 Å². The quantitative estimate of drug-likeness (QED) is 0.937. The highest BCUT2D eigenvalue weighted by Crippen LogP contribution is 2.26. The van der Waals surface area contributed by atoms with Gasteiger partial charge in [-0.25, -0.2) is 0 Å². The molecule has 1 aliphatic rings. The third-order valence-electron chi connectivity index (χ3n) is 3.48. The number of nitrogens with zero attached hydrogens (tertiary/aromatic N) is 1. The Kier molecular flexibility index (Phi) is 3.28. The lowest BCUT2D eigenvalue weighted by Gasteiger charge is -2.09. The molecule has 1 aliphatic heterocycles. The van der Waals surface area contributed by atoms with Gasteiger partial charge in [-0.15, -0.1) is 0 Å². The lowest BCUT2D eigenvalue weighted by atomic mass is 10.0. The van der Waals surface area contributed by atoms with Crippen molar-refractivity contribution in [1.29, 1.82) is 0 Å². The van der Waals surface area contributed by atoms with Crippen molar-refractivity contribution in [2.75, 3.05) is 0 Å². The smallest absolute Gasteiger partial charge is 0.259 e. The molecule has 0 spiro atoms. The van der Waals surface area contributed by atoms with Gasteiger partial charge in [-0.1, -0.05) is 42.5 Å². The van der Waals surface area contributed by atoms with Crippen molar-refractivity contribution in [3.63, 3.8) is 0 Å². The SMILES string of the molecule is NC(=O)c1cccc2c1C(=O)N(C=Cc1ccccc1)C2. The average Bonchev–Trinajstić information content (AvgIpc) is 2.83. The van der Waals surface area contributed by atoms with E-state index in [1.165, 1.54) is 0 Å². The number of rotatable bonds is 3. The number of benzene rings is 2. The predicted molar refractivity (Wildman–Crippen MR) is 80.3 cm³/mol. The molecular weight excluding hydrogens is 264 g/mol. The van der Waals surface area contributed by atoms with Crippen LogP contribution < -0.4 is 5.73 Å². The molecule has 2 aromatic carbocycles. The Morgan fingerprint density at radius 1 is 1.10 bits per heavy atom. The van der Waals surface area contributed by atoms with Crippen LogP contribution in [0, 0.1) is 0 Å². The predicted octanol–water partition coefficient (Wildman–Crippen LogP) is 2.41. The molecule has 1 heterocycles. The van der Waals surface area contributed by atoms with Gasteiger partial charge in [0.05, 0.1) is 17.7 Å². The molecule has 0 unspecified atom stereocenters. The topological polar surface area (TPSA) is 63.4 Å². The molecule has 0 saturated heterocycles. The van der Waals surface area contributed by atoms with Crippen molar-refractivity contribution in [2.24, 2.45) is 5.73 Å². The zero-order valence-electron chi connectivity index (χ0n) is 11.3. The fourth-order valence-corrected chi connectivity index (χ4v) is 2.45. The van der Waals surface area contributed by atoms with Crippen LogP contribution in [0.25, 0.3) is 6.08 Å². The van der Waals surface area contributed by atoms with E-state index in [0.717, 1.165) is 11.1 Å². The van der Waals surface area contributed by atoms with Crippen LogP contribution in [0.15, 0.2) is 54.7 Å². The summed E-state index contributed by atoms with van der Waals surface area (Å²) in [6.07, 6.45) is 3.61. The highest BCUT2D eigenvalue weighted by Gasteiger charge is 2.29. The lowest BCUT2D eigenvalue weighted by Crippen LogP contribution is -2.20. The number of amides is 2. The molecule has 0 saturated carbocycles. The van der Waals surface area contributed by atoms with Gasteiger partial charge >= 0.3 is 0 Å². The number of hydrogen-bond donors (Lipinski definition) is 1. The van der Waals surface area contributed by atoms with Gasteiger partial charge in [0.25, 0.3) is 5.91 Å². The second-order valence-electron chi connectivity index (χ2n) is 4.86. The Hall–Kier alpha value is -2.88. The van der Waals surface area contributed by atoms with E-state index >= 15 is 0 Å². The molecule has 0 bridgehead atoms. The molecule has 2 aromatic rings. The van der Waals surface area contributed by atoms with Crippen LogP contribution in [-0.4, -0.2) is 16.7 Å². The van der Waals surface area contributed by atoms with E-state index in [4.69, 9.17) is 5.73 Å². The zero-order chi connectivity index (χ0) is 14.8. The highest BCUT2D eigenvalue weighted by atomic mass is 16.2. The summed E-state index contributed by atoms with van der Waals surface area (Å²) in [6.45, 7) is 0.457. The van der Waals surface area contributed by atoms with E-state index in [1.807, 2.05) is 42.5 Å². The minimum absolute atomic E-state index is 0.188. The molecule has 21 heavy (non-hydrogen) atoms. The molecule has 104 valence electrons. The molecule has 2 N–H and O–H groups in total. The van der Waals surface area contributed by atoms with E-state index in [0.29, 0.717) is 12.1 Å². The first-order valence-corrected chi connectivity index (χ1v) is 6.63. The summed E-state index contributed by atoms with van der Waals surface area (Å²) in [6, 6.07) is 14.9. The molecule has 2 amide bonds. The van der Waals surface area contributed by atoms with Crippen molar-refractivity contribution in [3.05, 3.63) is 77.0 Å². The second kappa shape index (κ2) is 5.25. The normalized spacial score (nSPS) is 13.7. The van der Waals surface area contributed by atoms with Gasteiger partial charge in [0, 0.05) is 6.20 Å².